The largest absolute Gasteiger partial charge is 0.494 e. The first-order chi connectivity index (χ1) is 14.9. The molecule has 1 amide bonds. The minimum absolute atomic E-state index is 0.0356. The van der Waals surface area contributed by atoms with Crippen LogP contribution in [-0.2, 0) is 10.0 Å². The van der Waals surface area contributed by atoms with Gasteiger partial charge in [0.15, 0.2) is 0 Å². The zero-order valence-corrected chi connectivity index (χ0v) is 17.8. The van der Waals surface area contributed by atoms with Crippen LogP contribution in [0, 0.1) is 0 Å². The Morgan fingerprint density at radius 3 is 2.45 bits per heavy atom. The molecule has 1 aromatic carbocycles. The standard InChI is InChI=1S/C21H22N4O5S/c1-2-30-16-6-8-17(9-7-16)31(28,29)24-13-11-23(12-14-24)20(26)18-15-22-19-5-3-4-10-25(19)21(18)27/h3-10,15H,2,11-14H2,1H3. The van der Waals surface area contributed by atoms with E-state index in [9.17, 15) is 18.0 Å². The van der Waals surface area contributed by atoms with Gasteiger partial charge in [0, 0.05) is 38.6 Å². The van der Waals surface area contributed by atoms with Gasteiger partial charge in [-0.1, -0.05) is 6.07 Å². The van der Waals surface area contributed by atoms with Crippen molar-refractivity contribution < 1.29 is 17.9 Å². The molecule has 0 spiro atoms. The maximum atomic E-state index is 12.9. The van der Waals surface area contributed by atoms with Crippen LogP contribution in [-0.4, -0.2) is 65.7 Å². The van der Waals surface area contributed by atoms with Gasteiger partial charge in [-0.15, -0.1) is 0 Å². The predicted octanol–water partition coefficient (Wildman–Crippen LogP) is 1.24. The smallest absolute Gasteiger partial charge is 0.270 e. The molecular weight excluding hydrogens is 420 g/mol. The molecule has 31 heavy (non-hydrogen) atoms. The summed E-state index contributed by atoms with van der Waals surface area (Å²) < 4.78 is 33.9. The first-order valence-electron chi connectivity index (χ1n) is 9.90. The van der Waals surface area contributed by atoms with Gasteiger partial charge in [-0.3, -0.25) is 14.0 Å². The number of hydrogen-bond acceptors (Lipinski definition) is 6. The minimum atomic E-state index is -3.68. The molecule has 10 heteroatoms. The van der Waals surface area contributed by atoms with Gasteiger partial charge in [0.2, 0.25) is 10.0 Å². The van der Waals surface area contributed by atoms with Crippen molar-refractivity contribution in [2.24, 2.45) is 0 Å². The quantitative estimate of drug-likeness (QED) is 0.589. The summed E-state index contributed by atoms with van der Waals surface area (Å²) in [5, 5.41) is 0. The van der Waals surface area contributed by atoms with E-state index in [2.05, 4.69) is 4.98 Å². The van der Waals surface area contributed by atoms with E-state index in [1.165, 1.54) is 31.9 Å². The first-order valence-corrected chi connectivity index (χ1v) is 11.3. The summed E-state index contributed by atoms with van der Waals surface area (Å²) in [6, 6.07) is 11.4. The zero-order valence-electron chi connectivity index (χ0n) is 17.0. The number of carbonyl (C=O) groups excluding carboxylic acids is 1. The summed E-state index contributed by atoms with van der Waals surface area (Å²) in [4.78, 5) is 31.4. The van der Waals surface area contributed by atoms with Gasteiger partial charge in [0.25, 0.3) is 11.5 Å². The molecule has 9 nitrogen and oxygen atoms in total. The molecule has 0 aliphatic carbocycles. The van der Waals surface area contributed by atoms with Crippen molar-refractivity contribution in [3.05, 3.63) is 70.8 Å². The van der Waals surface area contributed by atoms with Crippen molar-refractivity contribution in [2.75, 3.05) is 32.8 Å². The third kappa shape index (κ3) is 4.04. The maximum Gasteiger partial charge on any atom is 0.270 e. The summed E-state index contributed by atoms with van der Waals surface area (Å²) in [6.45, 7) is 3.01. The summed E-state index contributed by atoms with van der Waals surface area (Å²) >= 11 is 0. The molecule has 0 N–H and O–H groups in total. The number of sulfonamides is 1. The van der Waals surface area contributed by atoms with Gasteiger partial charge in [-0.05, 0) is 43.3 Å². The lowest BCUT2D eigenvalue weighted by Crippen LogP contribution is -2.51. The molecule has 0 bridgehead atoms. The predicted molar refractivity (Wildman–Crippen MR) is 114 cm³/mol. The first kappa shape index (κ1) is 21.0. The highest BCUT2D eigenvalue weighted by molar-refractivity contribution is 7.89. The van der Waals surface area contributed by atoms with E-state index in [1.807, 2.05) is 6.92 Å². The van der Waals surface area contributed by atoms with E-state index in [-0.39, 0.29) is 36.6 Å². The Hall–Kier alpha value is -3.24. The van der Waals surface area contributed by atoms with Gasteiger partial charge in [-0.25, -0.2) is 13.4 Å². The fourth-order valence-electron chi connectivity index (χ4n) is 3.50. The Bertz CT molecular complexity index is 1260. The molecule has 3 heterocycles. The number of carbonyl (C=O) groups is 1. The van der Waals surface area contributed by atoms with Crippen LogP contribution in [0.3, 0.4) is 0 Å². The van der Waals surface area contributed by atoms with Crippen LogP contribution in [0.25, 0.3) is 5.65 Å². The summed E-state index contributed by atoms with van der Waals surface area (Å²) in [6.07, 6.45) is 2.84. The number of fused-ring (bicyclic) bond motifs is 1. The highest BCUT2D eigenvalue weighted by atomic mass is 32.2. The van der Waals surface area contributed by atoms with E-state index in [0.717, 1.165) is 0 Å². The number of ether oxygens (including phenoxy) is 1. The Labute approximate surface area is 179 Å². The molecule has 1 aliphatic heterocycles. The van der Waals surface area contributed by atoms with Gasteiger partial charge < -0.3 is 9.64 Å². The molecule has 1 saturated heterocycles. The second kappa shape index (κ2) is 8.48. The molecule has 1 aliphatic rings. The van der Waals surface area contributed by atoms with Crippen LogP contribution in [0.2, 0.25) is 0 Å². The van der Waals surface area contributed by atoms with E-state index in [1.54, 1.807) is 36.5 Å². The van der Waals surface area contributed by atoms with Gasteiger partial charge in [0.05, 0.1) is 11.5 Å². The highest BCUT2D eigenvalue weighted by Gasteiger charge is 2.31. The molecule has 0 radical (unpaired) electrons. The Morgan fingerprint density at radius 1 is 1.06 bits per heavy atom. The minimum Gasteiger partial charge on any atom is -0.494 e. The molecule has 2 aromatic heterocycles. The molecular formula is C21H22N4O5S. The fraction of sp³-hybridized carbons (Fsp3) is 0.286. The molecule has 0 saturated carbocycles. The normalized spacial score (nSPS) is 15.2. The van der Waals surface area contributed by atoms with Crippen LogP contribution in [0.1, 0.15) is 17.3 Å². The number of amides is 1. The monoisotopic (exact) mass is 442 g/mol. The lowest BCUT2D eigenvalue weighted by Gasteiger charge is -2.33. The highest BCUT2D eigenvalue weighted by Crippen LogP contribution is 2.21. The SMILES string of the molecule is CCOc1ccc(S(=O)(=O)N2CCN(C(=O)c3cnc4ccccn4c3=O)CC2)cc1. The van der Waals surface area contributed by atoms with Gasteiger partial charge in [0.1, 0.15) is 17.0 Å². The lowest BCUT2D eigenvalue weighted by molar-refractivity contribution is 0.0695. The van der Waals surface area contributed by atoms with Crippen LogP contribution < -0.4 is 10.3 Å². The summed E-state index contributed by atoms with van der Waals surface area (Å²) in [5.41, 5.74) is -0.0260. The second-order valence-corrected chi connectivity index (χ2v) is 8.94. The third-order valence-corrected chi connectivity index (χ3v) is 7.06. The van der Waals surface area contributed by atoms with E-state index in [4.69, 9.17) is 4.74 Å². The zero-order chi connectivity index (χ0) is 22.0. The van der Waals surface area contributed by atoms with E-state index < -0.39 is 21.5 Å². The molecule has 1 fully saturated rings. The number of rotatable bonds is 5. The van der Waals surface area contributed by atoms with Crippen LogP contribution in [0.5, 0.6) is 5.75 Å². The van der Waals surface area contributed by atoms with E-state index >= 15 is 0 Å². The topological polar surface area (TPSA) is 101 Å². The van der Waals surface area contributed by atoms with Crippen molar-refractivity contribution in [2.45, 2.75) is 11.8 Å². The van der Waals surface area contributed by atoms with Crippen molar-refractivity contribution in [1.82, 2.24) is 18.6 Å². The summed E-state index contributed by atoms with van der Waals surface area (Å²) in [5.74, 6) is 0.154. The lowest BCUT2D eigenvalue weighted by atomic mass is 10.2. The maximum absolute atomic E-state index is 12.9. The second-order valence-electron chi connectivity index (χ2n) is 7.01. The number of nitrogens with zero attached hydrogens (tertiary/aromatic N) is 4. The number of pyridine rings is 1. The fourth-order valence-corrected chi connectivity index (χ4v) is 4.92. The van der Waals surface area contributed by atoms with Crippen LogP contribution in [0.4, 0.5) is 0 Å². The van der Waals surface area contributed by atoms with Crippen LogP contribution >= 0.6 is 0 Å². The number of hydrogen-bond donors (Lipinski definition) is 0. The van der Waals surface area contributed by atoms with Crippen molar-refractivity contribution in [1.29, 1.82) is 0 Å². The number of benzene rings is 1. The number of piperazine rings is 1. The van der Waals surface area contributed by atoms with Crippen LogP contribution in [0.15, 0.2) is 64.5 Å². The molecule has 3 aromatic rings. The Balaban J connectivity index is 1.47. The van der Waals surface area contributed by atoms with Crippen molar-refractivity contribution >= 4 is 21.6 Å². The Morgan fingerprint density at radius 2 is 1.77 bits per heavy atom. The average molecular weight is 442 g/mol. The third-order valence-electron chi connectivity index (χ3n) is 5.14. The van der Waals surface area contributed by atoms with Crippen molar-refractivity contribution in [3.63, 3.8) is 0 Å². The molecule has 0 unspecified atom stereocenters. The Kier molecular flexibility index (Phi) is 5.75. The number of aromatic nitrogens is 2. The van der Waals surface area contributed by atoms with E-state index in [0.29, 0.717) is 18.0 Å². The van der Waals surface area contributed by atoms with Crippen molar-refractivity contribution in [3.8, 4) is 5.75 Å². The summed E-state index contributed by atoms with van der Waals surface area (Å²) in [7, 11) is -3.68. The van der Waals surface area contributed by atoms with Gasteiger partial charge in [-0.2, -0.15) is 4.31 Å². The molecule has 0 atom stereocenters. The molecule has 4 rings (SSSR count). The molecule has 162 valence electrons. The van der Waals surface area contributed by atoms with Gasteiger partial charge >= 0.3 is 0 Å². The average Bonchev–Trinajstić information content (AvgIpc) is 2.80.